The molecule has 27 heavy (non-hydrogen) atoms. The normalized spacial score (nSPS) is 19.7. The van der Waals surface area contributed by atoms with Crippen LogP contribution in [0.3, 0.4) is 0 Å². The summed E-state index contributed by atoms with van der Waals surface area (Å²) in [5, 5.41) is 15.5. The quantitative estimate of drug-likeness (QED) is 0.532. The van der Waals surface area contributed by atoms with Crippen molar-refractivity contribution in [3.05, 3.63) is 67.6 Å². The van der Waals surface area contributed by atoms with Gasteiger partial charge in [-0.3, -0.25) is 0 Å². The lowest BCUT2D eigenvalue weighted by atomic mass is 9.93. The first-order chi connectivity index (χ1) is 13.0. The number of aliphatic hydroxyl groups excluding tert-OH is 1. The SMILES string of the molecule is Clc1cccc(C2CO2)c1Cl.OC(CNC1CCC1)c1cccc(Cl)c1Cl. The van der Waals surface area contributed by atoms with E-state index in [4.69, 9.17) is 51.1 Å². The Balaban J connectivity index is 0.000000166. The summed E-state index contributed by atoms with van der Waals surface area (Å²) in [6.07, 6.45) is 3.28. The van der Waals surface area contributed by atoms with Crippen LogP contribution in [-0.4, -0.2) is 24.3 Å². The van der Waals surface area contributed by atoms with Crippen molar-refractivity contribution >= 4 is 46.4 Å². The van der Waals surface area contributed by atoms with Gasteiger partial charge in [-0.2, -0.15) is 0 Å². The zero-order chi connectivity index (χ0) is 19.4. The van der Waals surface area contributed by atoms with Crippen molar-refractivity contribution < 1.29 is 9.84 Å². The summed E-state index contributed by atoms with van der Waals surface area (Å²) in [5.74, 6) is 0. The topological polar surface area (TPSA) is 44.8 Å². The highest BCUT2D eigenvalue weighted by atomic mass is 35.5. The van der Waals surface area contributed by atoms with Crippen LogP contribution < -0.4 is 5.32 Å². The zero-order valence-corrected chi connectivity index (χ0v) is 17.6. The average Bonchev–Trinajstić information content (AvgIpc) is 3.44. The van der Waals surface area contributed by atoms with Gasteiger partial charge in [-0.15, -0.1) is 0 Å². The van der Waals surface area contributed by atoms with E-state index in [1.165, 1.54) is 19.3 Å². The Morgan fingerprint density at radius 3 is 2.22 bits per heavy atom. The Kier molecular flexibility index (Phi) is 7.69. The Bertz CT molecular complexity index is 779. The molecular weight excluding hydrogens is 428 g/mol. The van der Waals surface area contributed by atoms with Crippen molar-refractivity contribution in [3.8, 4) is 0 Å². The van der Waals surface area contributed by atoms with Gasteiger partial charge >= 0.3 is 0 Å². The molecule has 1 saturated carbocycles. The van der Waals surface area contributed by atoms with Gasteiger partial charge < -0.3 is 15.2 Å². The second-order valence-corrected chi connectivity index (χ2v) is 8.23. The van der Waals surface area contributed by atoms with E-state index >= 15 is 0 Å². The van der Waals surface area contributed by atoms with Gasteiger partial charge in [0.15, 0.2) is 0 Å². The van der Waals surface area contributed by atoms with Crippen LogP contribution in [0.25, 0.3) is 0 Å². The van der Waals surface area contributed by atoms with E-state index < -0.39 is 6.10 Å². The Hall–Kier alpha value is -0.520. The van der Waals surface area contributed by atoms with E-state index in [-0.39, 0.29) is 6.10 Å². The third kappa shape index (κ3) is 5.74. The maximum atomic E-state index is 9.99. The molecule has 1 heterocycles. The number of nitrogens with one attached hydrogen (secondary N) is 1. The van der Waals surface area contributed by atoms with Gasteiger partial charge in [0.1, 0.15) is 6.10 Å². The third-order valence-corrected chi connectivity index (χ3v) is 6.37. The van der Waals surface area contributed by atoms with Crippen LogP contribution in [0.1, 0.15) is 42.6 Å². The molecule has 1 saturated heterocycles. The van der Waals surface area contributed by atoms with Gasteiger partial charge in [0.05, 0.1) is 32.8 Å². The van der Waals surface area contributed by atoms with Crippen LogP contribution in [-0.2, 0) is 4.74 Å². The van der Waals surface area contributed by atoms with Crippen molar-refractivity contribution in [2.24, 2.45) is 0 Å². The number of hydrogen-bond donors (Lipinski definition) is 2. The molecule has 2 fully saturated rings. The molecule has 4 rings (SSSR count). The van der Waals surface area contributed by atoms with Crippen LogP contribution in [0.4, 0.5) is 0 Å². The minimum absolute atomic E-state index is 0.182. The number of epoxide rings is 1. The second kappa shape index (κ2) is 9.80. The zero-order valence-electron chi connectivity index (χ0n) is 14.6. The van der Waals surface area contributed by atoms with Gasteiger partial charge in [0.2, 0.25) is 0 Å². The molecular formula is C20H21Cl4NO2. The summed E-state index contributed by atoms with van der Waals surface area (Å²) in [4.78, 5) is 0. The lowest BCUT2D eigenvalue weighted by molar-refractivity contribution is 0.161. The third-order valence-electron chi connectivity index (χ3n) is 4.71. The van der Waals surface area contributed by atoms with Crippen molar-refractivity contribution in [1.29, 1.82) is 0 Å². The molecule has 2 unspecified atom stereocenters. The number of rotatable bonds is 5. The first-order valence-corrected chi connectivity index (χ1v) is 10.4. The predicted molar refractivity (Wildman–Crippen MR) is 112 cm³/mol. The average molecular weight is 449 g/mol. The molecule has 2 N–H and O–H groups in total. The highest BCUT2D eigenvalue weighted by Gasteiger charge is 2.27. The molecule has 0 amide bonds. The van der Waals surface area contributed by atoms with Crippen LogP contribution >= 0.6 is 46.4 Å². The minimum atomic E-state index is -0.591. The summed E-state index contributed by atoms with van der Waals surface area (Å²) in [6.45, 7) is 1.30. The van der Waals surface area contributed by atoms with Crippen LogP contribution in [0.15, 0.2) is 36.4 Å². The molecule has 146 valence electrons. The Labute approximate surface area is 179 Å². The highest BCUT2D eigenvalue weighted by molar-refractivity contribution is 6.43. The fourth-order valence-electron chi connectivity index (χ4n) is 2.78. The molecule has 0 radical (unpaired) electrons. The number of benzene rings is 2. The number of aliphatic hydroxyl groups is 1. The standard InChI is InChI=1S/C12H15Cl2NO.C8H6Cl2O/c13-10-6-2-5-9(12(10)14)11(16)7-15-8-3-1-4-8;9-6-3-1-2-5(8(6)10)7-4-11-7/h2,5-6,8,11,15-16H,1,3-4,7H2;1-3,7H,4H2. The molecule has 1 aliphatic carbocycles. The van der Waals surface area contributed by atoms with Crippen LogP contribution in [0.2, 0.25) is 20.1 Å². The van der Waals surface area contributed by atoms with E-state index in [0.29, 0.717) is 38.2 Å². The molecule has 1 aliphatic heterocycles. The van der Waals surface area contributed by atoms with E-state index in [2.05, 4.69) is 5.32 Å². The molecule has 2 aromatic carbocycles. The molecule has 2 aliphatic rings. The smallest absolute Gasteiger partial charge is 0.107 e. The molecule has 0 aromatic heterocycles. The Morgan fingerprint density at radius 1 is 1.00 bits per heavy atom. The summed E-state index contributed by atoms with van der Waals surface area (Å²) in [5.41, 5.74) is 1.69. The van der Waals surface area contributed by atoms with E-state index in [9.17, 15) is 5.11 Å². The fourth-order valence-corrected chi connectivity index (χ4v) is 3.64. The van der Waals surface area contributed by atoms with Crippen LogP contribution in [0.5, 0.6) is 0 Å². The largest absolute Gasteiger partial charge is 0.387 e. The van der Waals surface area contributed by atoms with Crippen molar-refractivity contribution in [2.75, 3.05) is 13.2 Å². The maximum Gasteiger partial charge on any atom is 0.107 e. The summed E-state index contributed by atoms with van der Waals surface area (Å²) < 4.78 is 5.09. The first kappa shape index (κ1) is 21.2. The highest BCUT2D eigenvalue weighted by Crippen LogP contribution is 2.37. The van der Waals surface area contributed by atoms with E-state index in [1.54, 1.807) is 24.3 Å². The molecule has 2 aromatic rings. The molecule has 0 bridgehead atoms. The van der Waals surface area contributed by atoms with Gasteiger partial charge in [0.25, 0.3) is 0 Å². The number of halogens is 4. The summed E-state index contributed by atoms with van der Waals surface area (Å²) in [7, 11) is 0. The number of ether oxygens (including phenoxy) is 1. The second-order valence-electron chi connectivity index (χ2n) is 6.66. The van der Waals surface area contributed by atoms with E-state index in [1.807, 2.05) is 12.1 Å². The van der Waals surface area contributed by atoms with Crippen molar-refractivity contribution in [2.45, 2.75) is 37.5 Å². The lowest BCUT2D eigenvalue weighted by Gasteiger charge is -2.28. The maximum absolute atomic E-state index is 9.99. The molecule has 0 spiro atoms. The molecule has 2 atom stereocenters. The van der Waals surface area contributed by atoms with Gasteiger partial charge in [0, 0.05) is 23.7 Å². The number of hydrogen-bond acceptors (Lipinski definition) is 3. The van der Waals surface area contributed by atoms with Gasteiger partial charge in [-0.25, -0.2) is 0 Å². The minimum Gasteiger partial charge on any atom is -0.387 e. The van der Waals surface area contributed by atoms with Gasteiger partial charge in [-0.1, -0.05) is 77.1 Å². The molecule has 3 nitrogen and oxygen atoms in total. The van der Waals surface area contributed by atoms with Crippen molar-refractivity contribution in [1.82, 2.24) is 5.32 Å². The lowest BCUT2D eigenvalue weighted by Crippen LogP contribution is -2.37. The first-order valence-electron chi connectivity index (χ1n) is 8.88. The Morgan fingerprint density at radius 2 is 1.63 bits per heavy atom. The molecule has 7 heteroatoms. The monoisotopic (exact) mass is 447 g/mol. The van der Waals surface area contributed by atoms with Gasteiger partial charge in [-0.05, 0) is 25.0 Å². The summed E-state index contributed by atoms with van der Waals surface area (Å²) >= 11 is 23.6. The van der Waals surface area contributed by atoms with Crippen molar-refractivity contribution in [3.63, 3.8) is 0 Å². The van der Waals surface area contributed by atoms with E-state index in [0.717, 1.165) is 12.2 Å². The summed E-state index contributed by atoms with van der Waals surface area (Å²) in [6, 6.07) is 11.5. The fraction of sp³-hybridized carbons (Fsp3) is 0.400. The van der Waals surface area contributed by atoms with Crippen LogP contribution in [0, 0.1) is 0 Å². The predicted octanol–water partition coefficient (Wildman–Crippen LogP) is 6.23.